The van der Waals surface area contributed by atoms with Crippen LogP contribution in [0.25, 0.3) is 6.08 Å². The minimum Gasteiger partial charge on any atom is -0.497 e. The minimum atomic E-state index is -0.502. The van der Waals surface area contributed by atoms with E-state index < -0.39 is 11.8 Å². The summed E-state index contributed by atoms with van der Waals surface area (Å²) in [6, 6.07) is 19.0. The first-order chi connectivity index (χ1) is 15.4. The molecule has 32 heavy (non-hydrogen) atoms. The third-order valence-electron chi connectivity index (χ3n) is 4.71. The predicted octanol–water partition coefficient (Wildman–Crippen LogP) is 5.08. The van der Waals surface area contributed by atoms with Crippen molar-refractivity contribution in [1.29, 1.82) is 0 Å². The highest BCUT2D eigenvalue weighted by Gasteiger charge is 2.17. The van der Waals surface area contributed by atoms with Crippen molar-refractivity contribution in [3.63, 3.8) is 0 Å². The second kappa shape index (κ2) is 10.5. The van der Waals surface area contributed by atoms with Gasteiger partial charge in [-0.3, -0.25) is 9.59 Å². The van der Waals surface area contributed by atoms with E-state index in [-0.39, 0.29) is 5.70 Å². The number of ether oxygens (including phenoxy) is 2. The molecule has 2 amide bonds. The van der Waals surface area contributed by atoms with E-state index in [9.17, 15) is 9.59 Å². The first-order valence-electron chi connectivity index (χ1n) is 9.79. The Morgan fingerprint density at radius 3 is 2.47 bits per heavy atom. The lowest BCUT2D eigenvalue weighted by Crippen LogP contribution is -2.31. The molecule has 0 radical (unpaired) electrons. The zero-order valence-electron chi connectivity index (χ0n) is 17.9. The molecule has 0 aliphatic carbocycles. The molecule has 2 N–H and O–H groups in total. The Hall–Kier alpha value is -3.77. The van der Waals surface area contributed by atoms with Crippen LogP contribution in [0.4, 0.5) is 5.69 Å². The molecule has 164 valence electrons. The Bertz CT molecular complexity index is 1170. The van der Waals surface area contributed by atoms with Crippen LogP contribution in [0.15, 0.2) is 72.4 Å². The summed E-state index contributed by atoms with van der Waals surface area (Å²) < 4.78 is 10.6. The second-order valence-corrected chi connectivity index (χ2v) is 7.34. The van der Waals surface area contributed by atoms with Gasteiger partial charge in [0.25, 0.3) is 11.8 Å². The summed E-state index contributed by atoms with van der Waals surface area (Å²) in [6.45, 7) is 1.85. The summed E-state index contributed by atoms with van der Waals surface area (Å²) in [4.78, 5) is 26.1. The van der Waals surface area contributed by atoms with E-state index in [0.717, 1.165) is 5.56 Å². The van der Waals surface area contributed by atoms with Crippen LogP contribution >= 0.6 is 11.6 Å². The number of amides is 2. The largest absolute Gasteiger partial charge is 0.497 e. The summed E-state index contributed by atoms with van der Waals surface area (Å²) in [5.74, 6) is 0.139. The fourth-order valence-electron chi connectivity index (χ4n) is 2.98. The van der Waals surface area contributed by atoms with Crippen LogP contribution in [0.1, 0.15) is 21.5 Å². The number of hydrogen-bond donors (Lipinski definition) is 2. The fraction of sp³-hybridized carbons (Fsp3) is 0.120. The van der Waals surface area contributed by atoms with E-state index in [4.69, 9.17) is 21.1 Å². The van der Waals surface area contributed by atoms with Gasteiger partial charge in [-0.2, -0.15) is 0 Å². The van der Waals surface area contributed by atoms with Gasteiger partial charge in [-0.15, -0.1) is 0 Å². The molecule has 3 rings (SSSR count). The van der Waals surface area contributed by atoms with Crippen LogP contribution in [0, 0.1) is 6.92 Å². The van der Waals surface area contributed by atoms with Gasteiger partial charge in [0.1, 0.15) is 17.2 Å². The third kappa shape index (κ3) is 5.68. The lowest BCUT2D eigenvalue weighted by Gasteiger charge is -2.14. The van der Waals surface area contributed by atoms with E-state index in [2.05, 4.69) is 10.6 Å². The summed E-state index contributed by atoms with van der Waals surface area (Å²) in [5.41, 5.74) is 2.40. The van der Waals surface area contributed by atoms with Crippen LogP contribution in [0.3, 0.4) is 0 Å². The normalized spacial score (nSPS) is 10.9. The molecular weight excluding hydrogens is 428 g/mol. The molecule has 0 spiro atoms. The van der Waals surface area contributed by atoms with E-state index >= 15 is 0 Å². The van der Waals surface area contributed by atoms with Crippen molar-refractivity contribution in [3.8, 4) is 11.5 Å². The van der Waals surface area contributed by atoms with Gasteiger partial charge >= 0.3 is 0 Å². The van der Waals surface area contributed by atoms with Crippen molar-refractivity contribution in [1.82, 2.24) is 5.32 Å². The topological polar surface area (TPSA) is 76.7 Å². The highest BCUT2D eigenvalue weighted by atomic mass is 35.5. The molecule has 3 aromatic carbocycles. The first kappa shape index (κ1) is 22.9. The number of nitrogens with one attached hydrogen (secondary N) is 2. The zero-order valence-corrected chi connectivity index (χ0v) is 18.7. The van der Waals surface area contributed by atoms with E-state index in [1.165, 1.54) is 14.2 Å². The number of methoxy groups -OCH3 is 2. The van der Waals surface area contributed by atoms with Gasteiger partial charge in [0, 0.05) is 21.8 Å². The molecule has 7 heteroatoms. The number of anilines is 1. The second-order valence-electron chi connectivity index (χ2n) is 6.90. The SMILES string of the molecule is COc1cccc(C(=O)NC(=Cc2ccccc2OC)C(=O)Nc2cc(Cl)ccc2C)c1. The minimum absolute atomic E-state index is 0.0432. The Balaban J connectivity index is 1.96. The van der Waals surface area contributed by atoms with Gasteiger partial charge in [0.2, 0.25) is 0 Å². The van der Waals surface area contributed by atoms with E-state index in [1.54, 1.807) is 60.7 Å². The molecule has 0 aliphatic heterocycles. The molecule has 0 bridgehead atoms. The van der Waals surface area contributed by atoms with Gasteiger partial charge in [0.05, 0.1) is 14.2 Å². The Morgan fingerprint density at radius 2 is 1.72 bits per heavy atom. The molecule has 0 unspecified atom stereocenters. The zero-order chi connectivity index (χ0) is 23.1. The highest BCUT2D eigenvalue weighted by molar-refractivity contribution is 6.31. The lowest BCUT2D eigenvalue weighted by atomic mass is 10.1. The lowest BCUT2D eigenvalue weighted by molar-refractivity contribution is -0.113. The molecule has 0 aromatic heterocycles. The van der Waals surface area contributed by atoms with E-state index in [0.29, 0.717) is 33.3 Å². The van der Waals surface area contributed by atoms with Crippen molar-refractivity contribution in [2.45, 2.75) is 6.92 Å². The van der Waals surface area contributed by atoms with Crippen LogP contribution < -0.4 is 20.1 Å². The number of benzene rings is 3. The van der Waals surface area contributed by atoms with E-state index in [1.807, 2.05) is 19.1 Å². The maximum Gasteiger partial charge on any atom is 0.272 e. The maximum atomic E-state index is 13.2. The standard InChI is InChI=1S/C25H23ClN2O4/c1-16-11-12-19(26)15-21(16)27-25(30)22(14-17-7-4-5-10-23(17)32-3)28-24(29)18-8-6-9-20(13-18)31-2/h4-15H,1-3H3,(H,27,30)(H,28,29). The number of carbonyl (C=O) groups is 2. The van der Waals surface area contributed by atoms with Crippen molar-refractivity contribution in [2.75, 3.05) is 19.5 Å². The Labute approximate surface area is 191 Å². The fourth-order valence-corrected chi connectivity index (χ4v) is 3.15. The molecule has 0 aliphatic rings. The summed E-state index contributed by atoms with van der Waals surface area (Å²) in [5, 5.41) is 6.01. The van der Waals surface area contributed by atoms with Gasteiger partial charge in [-0.25, -0.2) is 0 Å². The smallest absolute Gasteiger partial charge is 0.272 e. The maximum absolute atomic E-state index is 13.2. The number of rotatable bonds is 7. The molecule has 6 nitrogen and oxygen atoms in total. The molecule has 0 atom stereocenters. The van der Waals surface area contributed by atoms with Crippen LogP contribution in [-0.2, 0) is 4.79 Å². The van der Waals surface area contributed by atoms with Gasteiger partial charge in [-0.05, 0) is 55.0 Å². The molecule has 0 heterocycles. The van der Waals surface area contributed by atoms with Gasteiger partial charge in [-0.1, -0.05) is 41.9 Å². The molecule has 0 saturated heterocycles. The third-order valence-corrected chi connectivity index (χ3v) is 4.95. The number of carbonyl (C=O) groups excluding carboxylic acids is 2. The summed E-state index contributed by atoms with van der Waals surface area (Å²) in [6.07, 6.45) is 1.56. The average Bonchev–Trinajstić information content (AvgIpc) is 2.81. The van der Waals surface area contributed by atoms with Crippen LogP contribution in [-0.4, -0.2) is 26.0 Å². The highest BCUT2D eigenvalue weighted by Crippen LogP contribution is 2.23. The van der Waals surface area contributed by atoms with Crippen molar-refractivity contribution < 1.29 is 19.1 Å². The van der Waals surface area contributed by atoms with Crippen molar-refractivity contribution in [3.05, 3.63) is 94.1 Å². The number of hydrogen-bond acceptors (Lipinski definition) is 4. The first-order valence-corrected chi connectivity index (χ1v) is 10.2. The molecular formula is C25H23ClN2O4. The monoisotopic (exact) mass is 450 g/mol. The quantitative estimate of drug-likeness (QED) is 0.492. The summed E-state index contributed by atoms with van der Waals surface area (Å²) >= 11 is 6.08. The number of aryl methyl sites for hydroxylation is 1. The van der Waals surface area contributed by atoms with Crippen LogP contribution in [0.2, 0.25) is 5.02 Å². The Kier molecular flexibility index (Phi) is 7.52. The Morgan fingerprint density at radius 1 is 0.938 bits per heavy atom. The molecule has 0 fully saturated rings. The van der Waals surface area contributed by atoms with Gasteiger partial charge < -0.3 is 20.1 Å². The predicted molar refractivity (Wildman–Crippen MR) is 126 cm³/mol. The average molecular weight is 451 g/mol. The molecule has 0 saturated carbocycles. The number of halogens is 1. The van der Waals surface area contributed by atoms with Crippen molar-refractivity contribution in [2.24, 2.45) is 0 Å². The van der Waals surface area contributed by atoms with Crippen molar-refractivity contribution >= 4 is 35.2 Å². The van der Waals surface area contributed by atoms with Crippen LogP contribution in [0.5, 0.6) is 11.5 Å². The summed E-state index contributed by atoms with van der Waals surface area (Å²) in [7, 11) is 3.06. The molecule has 3 aromatic rings. The number of para-hydroxylation sites is 1. The van der Waals surface area contributed by atoms with Gasteiger partial charge in [0.15, 0.2) is 0 Å².